The lowest BCUT2D eigenvalue weighted by atomic mass is 10.1. The van der Waals surface area contributed by atoms with Crippen LogP contribution in [0.25, 0.3) is 0 Å². The SMILES string of the molecule is O=C(CCc1ccccc1)N1CC[C@H](c2ccnc(Nc3ncccn3)n2)C1. The van der Waals surface area contributed by atoms with Gasteiger partial charge in [0.15, 0.2) is 0 Å². The molecule has 7 nitrogen and oxygen atoms in total. The Balaban J connectivity index is 1.34. The summed E-state index contributed by atoms with van der Waals surface area (Å²) in [7, 11) is 0. The molecule has 28 heavy (non-hydrogen) atoms. The van der Waals surface area contributed by atoms with Gasteiger partial charge >= 0.3 is 0 Å². The van der Waals surface area contributed by atoms with Crippen LogP contribution in [0, 0.1) is 0 Å². The lowest BCUT2D eigenvalue weighted by molar-refractivity contribution is -0.130. The van der Waals surface area contributed by atoms with Gasteiger partial charge in [0.1, 0.15) is 0 Å². The zero-order valence-corrected chi connectivity index (χ0v) is 15.5. The number of nitrogens with zero attached hydrogens (tertiary/aromatic N) is 5. The van der Waals surface area contributed by atoms with Gasteiger partial charge in [-0.15, -0.1) is 0 Å². The molecule has 1 amide bonds. The van der Waals surface area contributed by atoms with E-state index in [2.05, 4.69) is 37.4 Å². The summed E-state index contributed by atoms with van der Waals surface area (Å²) < 4.78 is 0. The van der Waals surface area contributed by atoms with Gasteiger partial charge in [0, 0.05) is 44.0 Å². The second-order valence-corrected chi connectivity index (χ2v) is 6.81. The van der Waals surface area contributed by atoms with Crippen molar-refractivity contribution in [3.63, 3.8) is 0 Å². The first kappa shape index (κ1) is 18.0. The highest BCUT2D eigenvalue weighted by molar-refractivity contribution is 5.76. The highest BCUT2D eigenvalue weighted by Gasteiger charge is 2.28. The van der Waals surface area contributed by atoms with Crippen LogP contribution in [0.4, 0.5) is 11.9 Å². The van der Waals surface area contributed by atoms with E-state index in [1.807, 2.05) is 29.2 Å². The molecular formula is C21H22N6O. The highest BCUT2D eigenvalue weighted by Crippen LogP contribution is 2.27. The van der Waals surface area contributed by atoms with E-state index in [1.54, 1.807) is 24.7 Å². The number of rotatable bonds is 6. The van der Waals surface area contributed by atoms with Crippen LogP contribution in [0.15, 0.2) is 61.1 Å². The normalized spacial score (nSPS) is 16.1. The van der Waals surface area contributed by atoms with Crippen molar-refractivity contribution in [2.75, 3.05) is 18.4 Å². The minimum absolute atomic E-state index is 0.205. The van der Waals surface area contributed by atoms with E-state index in [0.29, 0.717) is 24.9 Å². The molecule has 3 heterocycles. The number of hydrogen-bond acceptors (Lipinski definition) is 6. The van der Waals surface area contributed by atoms with Gasteiger partial charge in [-0.2, -0.15) is 0 Å². The molecule has 0 radical (unpaired) electrons. The third-order valence-corrected chi connectivity index (χ3v) is 4.90. The summed E-state index contributed by atoms with van der Waals surface area (Å²) in [5.74, 6) is 1.36. The van der Waals surface area contributed by atoms with Crippen molar-refractivity contribution in [2.45, 2.75) is 25.2 Å². The van der Waals surface area contributed by atoms with Crippen LogP contribution in [-0.2, 0) is 11.2 Å². The van der Waals surface area contributed by atoms with Crippen molar-refractivity contribution >= 4 is 17.8 Å². The van der Waals surface area contributed by atoms with Crippen LogP contribution in [-0.4, -0.2) is 43.8 Å². The fourth-order valence-corrected chi connectivity index (χ4v) is 3.41. The van der Waals surface area contributed by atoms with E-state index in [9.17, 15) is 4.79 Å². The van der Waals surface area contributed by atoms with Crippen molar-refractivity contribution in [1.82, 2.24) is 24.8 Å². The van der Waals surface area contributed by atoms with E-state index >= 15 is 0 Å². The molecule has 4 rings (SSSR count). The van der Waals surface area contributed by atoms with Gasteiger partial charge in [-0.25, -0.2) is 19.9 Å². The predicted molar refractivity (Wildman–Crippen MR) is 106 cm³/mol. The Morgan fingerprint density at radius 2 is 1.79 bits per heavy atom. The molecule has 0 aliphatic carbocycles. The second-order valence-electron chi connectivity index (χ2n) is 6.81. The van der Waals surface area contributed by atoms with Gasteiger partial charge in [0.25, 0.3) is 0 Å². The van der Waals surface area contributed by atoms with Crippen LogP contribution in [0.2, 0.25) is 0 Å². The first-order valence-electron chi connectivity index (χ1n) is 9.46. The van der Waals surface area contributed by atoms with Gasteiger partial charge in [-0.3, -0.25) is 10.1 Å². The number of likely N-dealkylation sites (tertiary alicyclic amines) is 1. The highest BCUT2D eigenvalue weighted by atomic mass is 16.2. The lowest BCUT2D eigenvalue weighted by Gasteiger charge is -2.16. The zero-order chi connectivity index (χ0) is 19.2. The smallest absolute Gasteiger partial charge is 0.229 e. The molecule has 142 valence electrons. The Hall–Kier alpha value is -3.35. The molecule has 7 heteroatoms. The van der Waals surface area contributed by atoms with Crippen molar-refractivity contribution in [2.24, 2.45) is 0 Å². The maximum Gasteiger partial charge on any atom is 0.229 e. The Bertz CT molecular complexity index is 918. The minimum atomic E-state index is 0.205. The van der Waals surface area contributed by atoms with E-state index in [-0.39, 0.29) is 11.8 Å². The van der Waals surface area contributed by atoms with Crippen molar-refractivity contribution < 1.29 is 4.79 Å². The minimum Gasteiger partial charge on any atom is -0.342 e. The fourth-order valence-electron chi connectivity index (χ4n) is 3.41. The van der Waals surface area contributed by atoms with Gasteiger partial charge < -0.3 is 4.90 Å². The molecule has 1 aromatic carbocycles. The molecule has 0 spiro atoms. The van der Waals surface area contributed by atoms with Crippen molar-refractivity contribution in [1.29, 1.82) is 0 Å². The molecule has 3 aromatic rings. The summed E-state index contributed by atoms with van der Waals surface area (Å²) in [4.78, 5) is 31.6. The largest absolute Gasteiger partial charge is 0.342 e. The molecule has 1 N–H and O–H groups in total. The van der Waals surface area contributed by atoms with Crippen LogP contribution < -0.4 is 5.32 Å². The number of benzene rings is 1. The molecule has 1 atom stereocenters. The average Bonchev–Trinajstić information content (AvgIpc) is 3.24. The lowest BCUT2D eigenvalue weighted by Crippen LogP contribution is -2.28. The number of carbonyl (C=O) groups is 1. The molecule has 1 fully saturated rings. The maximum atomic E-state index is 12.6. The first-order valence-corrected chi connectivity index (χ1v) is 9.46. The quantitative estimate of drug-likeness (QED) is 0.714. The third kappa shape index (κ3) is 4.49. The van der Waals surface area contributed by atoms with Crippen molar-refractivity contribution in [3.8, 4) is 0 Å². The Kier molecular flexibility index (Phi) is 5.51. The number of amides is 1. The monoisotopic (exact) mass is 374 g/mol. The predicted octanol–water partition coefficient (Wildman–Crippen LogP) is 2.96. The molecule has 1 saturated heterocycles. The van der Waals surface area contributed by atoms with Gasteiger partial charge in [-0.05, 0) is 30.5 Å². The molecule has 2 aromatic heterocycles. The van der Waals surface area contributed by atoms with E-state index < -0.39 is 0 Å². The summed E-state index contributed by atoms with van der Waals surface area (Å²) in [6.45, 7) is 1.47. The Morgan fingerprint density at radius 3 is 2.61 bits per heavy atom. The Morgan fingerprint density at radius 1 is 1.00 bits per heavy atom. The summed E-state index contributed by atoms with van der Waals surface area (Å²) >= 11 is 0. The third-order valence-electron chi connectivity index (χ3n) is 4.90. The average molecular weight is 374 g/mol. The summed E-state index contributed by atoms with van der Waals surface area (Å²) in [6, 6.07) is 13.8. The van der Waals surface area contributed by atoms with Crippen LogP contribution in [0.3, 0.4) is 0 Å². The van der Waals surface area contributed by atoms with Crippen LogP contribution >= 0.6 is 0 Å². The number of carbonyl (C=O) groups excluding carboxylic acids is 1. The molecule has 1 aliphatic rings. The van der Waals surface area contributed by atoms with Gasteiger partial charge in [0.2, 0.25) is 17.8 Å². The number of aryl methyl sites for hydroxylation is 1. The topological polar surface area (TPSA) is 83.9 Å². The standard InChI is InChI=1S/C21H22N6O/c28-19(8-7-16-5-2-1-3-6-16)27-14-10-17(15-27)18-9-13-24-21(25-18)26-20-22-11-4-12-23-20/h1-6,9,11-13,17H,7-8,10,14-15H2,(H,22,23,24,25,26)/t17-/m0/s1. The van der Waals surface area contributed by atoms with E-state index in [4.69, 9.17) is 0 Å². The second kappa shape index (κ2) is 8.56. The fraction of sp³-hybridized carbons (Fsp3) is 0.286. The number of anilines is 2. The first-order chi connectivity index (χ1) is 13.8. The van der Waals surface area contributed by atoms with Gasteiger partial charge in [0.05, 0.1) is 5.69 Å². The summed E-state index contributed by atoms with van der Waals surface area (Å²) in [5, 5.41) is 3.02. The molecular weight excluding hydrogens is 352 g/mol. The number of aromatic nitrogens is 4. The Labute approximate surface area is 163 Å². The number of hydrogen-bond donors (Lipinski definition) is 1. The van der Waals surface area contributed by atoms with Crippen LogP contribution in [0.5, 0.6) is 0 Å². The van der Waals surface area contributed by atoms with E-state index in [0.717, 1.165) is 25.1 Å². The van der Waals surface area contributed by atoms with E-state index in [1.165, 1.54) is 5.56 Å². The van der Waals surface area contributed by atoms with Gasteiger partial charge in [-0.1, -0.05) is 30.3 Å². The maximum absolute atomic E-state index is 12.6. The molecule has 0 saturated carbocycles. The molecule has 1 aliphatic heterocycles. The van der Waals surface area contributed by atoms with Crippen LogP contribution in [0.1, 0.15) is 30.0 Å². The zero-order valence-electron chi connectivity index (χ0n) is 15.5. The number of nitrogens with one attached hydrogen (secondary N) is 1. The van der Waals surface area contributed by atoms with Crippen molar-refractivity contribution in [3.05, 3.63) is 72.3 Å². The summed E-state index contributed by atoms with van der Waals surface area (Å²) in [6.07, 6.45) is 7.28. The summed E-state index contributed by atoms with van der Waals surface area (Å²) in [5.41, 5.74) is 2.13. The molecule has 0 bridgehead atoms. The molecule has 0 unspecified atom stereocenters.